The van der Waals surface area contributed by atoms with Gasteiger partial charge in [0, 0.05) is 84.8 Å². The second-order valence-corrected chi connectivity index (χ2v) is 17.1. The van der Waals surface area contributed by atoms with E-state index < -0.39 is 105 Å². The largest absolute Gasteiger partial charge is 1.00 e. The summed E-state index contributed by atoms with van der Waals surface area (Å²) in [5, 5.41) is 74.1. The minimum absolute atomic E-state index is 0. The SMILES string of the molecule is CC(O)CC(C)O.CC(O)CC(C)O.COC(=O)CN(CCN(CC(=O)OC)CC(=O)OC)CC(=O)OC.O=C([O-])CN(CCN(CC(=O)[O-])CC(=O)O)CC(=O)[O-].O=S(=O)([O-])C(F)(F)F.O=S(=O)([O-])C(F)(F)F.[Na+].[Na+].[Na+].[Na+].[Na+].[Na+].[Zn].[Zn]. The number of aliphatic carboxylic acids is 4. The van der Waals surface area contributed by atoms with Gasteiger partial charge in [0.15, 0.2) is 20.2 Å². The summed E-state index contributed by atoms with van der Waals surface area (Å²) in [4.78, 5) is 92.3. The van der Waals surface area contributed by atoms with Crippen LogP contribution in [0.25, 0.3) is 0 Å². The molecule has 0 heterocycles. The summed E-state index contributed by atoms with van der Waals surface area (Å²) in [7, 11) is -7.24. The molecule has 0 aromatic rings. The molecule has 0 amide bonds. The molecule has 0 aromatic heterocycles. The van der Waals surface area contributed by atoms with E-state index in [1.165, 1.54) is 38.2 Å². The Morgan fingerprint density at radius 3 is 0.659 bits per heavy atom. The average Bonchev–Trinajstić information content (AvgIpc) is 3.19. The normalized spacial score (nSPS) is 11.6. The predicted octanol–water partition coefficient (Wildman–Crippen LogP) is -25.4. The molecule has 5 N–H and O–H groups in total. The molecule has 0 spiro atoms. The molecule has 0 bridgehead atoms. The minimum Gasteiger partial charge on any atom is -0.741 e. The van der Waals surface area contributed by atoms with Crippen molar-refractivity contribution in [2.75, 3.05) is 107 Å². The zero-order valence-corrected chi connectivity index (χ0v) is 67.9. The predicted molar refractivity (Wildman–Crippen MR) is 224 cm³/mol. The third-order valence-electron chi connectivity index (χ3n) is 7.13. The Morgan fingerprint density at radius 1 is 0.415 bits per heavy atom. The Balaban J connectivity index is -0.0000000596. The number of hydrogen-bond acceptors (Lipinski definition) is 29. The van der Waals surface area contributed by atoms with E-state index in [9.17, 15) is 80.0 Å². The van der Waals surface area contributed by atoms with Gasteiger partial charge >= 0.3 is 218 Å². The molecule has 0 rings (SSSR count). The van der Waals surface area contributed by atoms with Crippen LogP contribution in [0.1, 0.15) is 40.5 Å². The van der Waals surface area contributed by atoms with Crippen LogP contribution >= 0.6 is 0 Å². The molecule has 0 aliphatic heterocycles. The van der Waals surface area contributed by atoms with E-state index in [0.29, 0.717) is 12.8 Å². The molecule has 0 aromatic carbocycles. The Morgan fingerprint density at radius 2 is 0.561 bits per heavy atom. The van der Waals surface area contributed by atoms with Crippen LogP contribution in [0.2, 0.25) is 0 Å². The summed E-state index contributed by atoms with van der Waals surface area (Å²) in [6.07, 6.45) is -0.556. The van der Waals surface area contributed by atoms with Gasteiger partial charge in [-0.2, -0.15) is 26.3 Å². The van der Waals surface area contributed by atoms with Crippen molar-refractivity contribution >= 4 is 68.0 Å². The smallest absolute Gasteiger partial charge is 0.741 e. The zero-order valence-electron chi connectivity index (χ0n) is 48.3. The Bertz CT molecular complexity index is 1710. The van der Waals surface area contributed by atoms with E-state index in [4.69, 9.17) is 51.5 Å². The van der Waals surface area contributed by atoms with Crippen molar-refractivity contribution < 1.29 is 367 Å². The Hall–Kier alpha value is 2.09. The molecule has 82 heavy (non-hydrogen) atoms. The van der Waals surface area contributed by atoms with E-state index in [2.05, 4.69) is 18.9 Å². The summed E-state index contributed by atoms with van der Waals surface area (Å²) in [5.41, 5.74) is -11.3. The maximum Gasteiger partial charge on any atom is 1.00 e. The van der Waals surface area contributed by atoms with E-state index in [1.807, 2.05) is 0 Å². The van der Waals surface area contributed by atoms with Crippen LogP contribution in [0, 0.1) is 0 Å². The maximum atomic E-state index is 11.4. The first-order valence-electron chi connectivity index (χ1n) is 20.1. The van der Waals surface area contributed by atoms with Gasteiger partial charge in [0.1, 0.15) is 0 Å². The number of esters is 4. The molecule has 0 fully saturated rings. The molecule has 4 unspecified atom stereocenters. The number of nitrogens with zero attached hydrogens (tertiary/aromatic N) is 4. The fraction of sp³-hybridized carbons (Fsp3) is 0.778. The van der Waals surface area contributed by atoms with Crippen LogP contribution in [0.15, 0.2) is 0 Å². The topological polar surface area (TPSA) is 471 Å². The van der Waals surface area contributed by atoms with Crippen molar-refractivity contribution in [1.82, 2.24) is 19.6 Å². The van der Waals surface area contributed by atoms with Crippen LogP contribution in [0.4, 0.5) is 26.3 Å². The van der Waals surface area contributed by atoms with Crippen molar-refractivity contribution in [3.63, 3.8) is 0 Å². The van der Waals surface area contributed by atoms with Gasteiger partial charge < -0.3 is 83.3 Å². The first-order valence-corrected chi connectivity index (χ1v) is 22.9. The fourth-order valence-corrected chi connectivity index (χ4v) is 4.14. The van der Waals surface area contributed by atoms with Crippen LogP contribution in [-0.4, -0.2) is 261 Å². The number of aliphatic hydroxyl groups excluding tert-OH is 4. The van der Waals surface area contributed by atoms with Crippen LogP contribution in [0.5, 0.6) is 0 Å². The van der Waals surface area contributed by atoms with Crippen LogP contribution in [0.3, 0.4) is 0 Å². The van der Waals surface area contributed by atoms with Gasteiger partial charge in [-0.3, -0.25) is 43.6 Å². The van der Waals surface area contributed by atoms with Gasteiger partial charge in [-0.1, -0.05) is 0 Å². The molecule has 0 saturated heterocycles. The number of halogens is 6. The van der Waals surface area contributed by atoms with Gasteiger partial charge in [0.2, 0.25) is 0 Å². The van der Waals surface area contributed by atoms with E-state index >= 15 is 0 Å². The van der Waals surface area contributed by atoms with Crippen molar-refractivity contribution in [3.05, 3.63) is 0 Å². The van der Waals surface area contributed by atoms with Gasteiger partial charge in [0.25, 0.3) is 0 Å². The molecule has 0 aliphatic rings. The first-order chi connectivity index (χ1) is 33.3. The van der Waals surface area contributed by atoms with E-state index in [-0.39, 0.29) is 293 Å². The summed E-state index contributed by atoms with van der Waals surface area (Å²) in [6.45, 7) is 3.56. The number of carboxylic acids is 4. The number of aliphatic hydroxyl groups is 4. The molecule has 30 nitrogen and oxygen atoms in total. The zero-order chi connectivity index (χ0) is 60.0. The van der Waals surface area contributed by atoms with Crippen molar-refractivity contribution in [2.45, 2.75) is 76.0 Å². The molecule has 0 aliphatic carbocycles. The van der Waals surface area contributed by atoms with Crippen molar-refractivity contribution in [3.8, 4) is 0 Å². The summed E-state index contributed by atoms with van der Waals surface area (Å²) < 4.78 is 136. The Kier molecular flexibility index (Phi) is 95.1. The van der Waals surface area contributed by atoms with Gasteiger partial charge in [-0.25, -0.2) is 16.8 Å². The number of ether oxygens (including phenoxy) is 4. The minimum atomic E-state index is -6.09. The number of rotatable bonds is 26. The summed E-state index contributed by atoms with van der Waals surface area (Å²) in [6, 6.07) is 0. The number of carbonyl (C=O) groups excluding carboxylic acids is 7. The van der Waals surface area contributed by atoms with Crippen LogP contribution in [-0.2, 0) is 116 Å². The standard InChI is InChI=1S/C14H24N2O8.C10H16N2O8.2C5H12O2.2CHF3O3S.6Na.2Zn/c1-21-11(17)7-15(8-12(18)22-2)5-6-16(9-13(19)23-3)10-14(20)24-4;13-7(14)3-11(4-8(15)16)1-2-12(5-9(17)18)6-10(19)20;2*1-4(6)3-5(2)7;2*2-1(3,4)8(5,6)7;;;;;;;;/h5-10H2,1-4H3;1-6H2,(H,13,14)(H,15,16)(H,17,18)(H,19,20);2*4-7H,3H2,1-2H3;2*(H,5,6,7);;;;;;;;/q;;;;;;6*+1;;/p-5. The molecule has 46 heteroatoms. The number of carboxylic acid groups (broad SMARTS) is 4. The molecule has 4 atom stereocenters. The Labute approximate surface area is 628 Å². The van der Waals surface area contributed by atoms with Gasteiger partial charge in [-0.05, 0) is 40.5 Å². The third-order valence-corrected chi connectivity index (χ3v) is 8.27. The van der Waals surface area contributed by atoms with E-state index in [1.54, 1.807) is 27.7 Å². The fourth-order valence-electron chi connectivity index (χ4n) is 4.14. The van der Waals surface area contributed by atoms with Crippen molar-refractivity contribution in [2.24, 2.45) is 0 Å². The second-order valence-electron chi connectivity index (χ2n) is 14.3. The quantitative estimate of drug-likeness (QED) is 0.0134. The molecular formula is C36H61F6N4Na6O26S2Zn2+. The number of alkyl halides is 6. The third kappa shape index (κ3) is 88.5. The number of carbonyl (C=O) groups is 8. The van der Waals surface area contributed by atoms with Crippen LogP contribution < -0.4 is 193 Å². The summed E-state index contributed by atoms with van der Waals surface area (Å²) in [5.74, 6) is -7.90. The summed E-state index contributed by atoms with van der Waals surface area (Å²) >= 11 is 0. The first kappa shape index (κ1) is 118. The molecule has 444 valence electrons. The number of methoxy groups -OCH3 is 4. The molecule has 0 saturated carbocycles. The van der Waals surface area contributed by atoms with E-state index in [0.717, 1.165) is 9.80 Å². The van der Waals surface area contributed by atoms with Crippen molar-refractivity contribution in [1.29, 1.82) is 0 Å². The van der Waals surface area contributed by atoms with Gasteiger partial charge in [-0.15, -0.1) is 0 Å². The average molecular weight is 1410 g/mol. The maximum absolute atomic E-state index is 11.4. The van der Waals surface area contributed by atoms with Gasteiger partial charge in [0.05, 0.1) is 103 Å². The molecule has 0 radical (unpaired) electrons. The second kappa shape index (κ2) is 66.0. The number of hydrogen-bond donors (Lipinski definition) is 5. The molecular weight excluding hydrogens is 1350 g/mol. The monoisotopic (exact) mass is 1410 g/mol.